The number of hydrazone groups is 1. The lowest BCUT2D eigenvalue weighted by Crippen LogP contribution is -2.43. The molecule has 3 aromatic rings. The molecule has 3 aromatic carbocycles. The van der Waals surface area contributed by atoms with Crippen LogP contribution in [-0.2, 0) is 10.4 Å². The maximum Gasteiger partial charge on any atom is 0.281 e. The monoisotopic (exact) mass is 440 g/mol. The van der Waals surface area contributed by atoms with E-state index >= 15 is 0 Å². The Balaban J connectivity index is 1.90. The van der Waals surface area contributed by atoms with Gasteiger partial charge in [-0.05, 0) is 33.1 Å². The molecular formula is C21H17BrN2O4. The van der Waals surface area contributed by atoms with Crippen LogP contribution in [0.4, 0.5) is 0 Å². The summed E-state index contributed by atoms with van der Waals surface area (Å²) < 4.78 is 0.364. The van der Waals surface area contributed by atoms with Gasteiger partial charge in [0, 0.05) is 11.6 Å². The number of halogens is 1. The Bertz CT molecular complexity index is 968. The third-order valence-electron chi connectivity index (χ3n) is 4.18. The molecule has 0 aromatic heterocycles. The van der Waals surface area contributed by atoms with Crippen molar-refractivity contribution < 1.29 is 20.1 Å². The summed E-state index contributed by atoms with van der Waals surface area (Å²) in [4.78, 5) is 12.9. The molecule has 4 N–H and O–H groups in total. The van der Waals surface area contributed by atoms with Crippen molar-refractivity contribution in [3.05, 3.63) is 94.0 Å². The predicted octanol–water partition coefficient (Wildman–Crippen LogP) is 3.25. The van der Waals surface area contributed by atoms with E-state index in [9.17, 15) is 20.1 Å². The fourth-order valence-electron chi connectivity index (χ4n) is 2.70. The molecular weight excluding hydrogens is 424 g/mol. The minimum absolute atomic E-state index is 0.124. The lowest BCUT2D eigenvalue weighted by molar-refractivity contribution is -0.136. The van der Waals surface area contributed by atoms with E-state index in [1.807, 2.05) is 0 Å². The molecule has 6 nitrogen and oxygen atoms in total. The zero-order chi connectivity index (χ0) is 20.1. The van der Waals surface area contributed by atoms with Gasteiger partial charge in [-0.3, -0.25) is 4.79 Å². The third-order valence-corrected chi connectivity index (χ3v) is 4.81. The van der Waals surface area contributed by atoms with Crippen molar-refractivity contribution >= 4 is 28.1 Å². The maximum absolute atomic E-state index is 12.9. The van der Waals surface area contributed by atoms with Gasteiger partial charge in [-0.2, -0.15) is 5.10 Å². The molecule has 7 heteroatoms. The van der Waals surface area contributed by atoms with Crippen molar-refractivity contribution in [1.82, 2.24) is 5.43 Å². The Labute approximate surface area is 169 Å². The Kier molecular flexibility index (Phi) is 5.77. The van der Waals surface area contributed by atoms with Crippen LogP contribution in [0.25, 0.3) is 0 Å². The van der Waals surface area contributed by atoms with Crippen LogP contribution < -0.4 is 5.43 Å². The molecule has 142 valence electrons. The van der Waals surface area contributed by atoms with Gasteiger partial charge >= 0.3 is 0 Å². The number of benzene rings is 3. The van der Waals surface area contributed by atoms with Crippen molar-refractivity contribution in [3.63, 3.8) is 0 Å². The Hall–Kier alpha value is -3.16. The average molecular weight is 441 g/mol. The average Bonchev–Trinajstić information content (AvgIpc) is 2.72. The van der Waals surface area contributed by atoms with Gasteiger partial charge in [0.25, 0.3) is 5.91 Å². The van der Waals surface area contributed by atoms with Crippen LogP contribution in [0.1, 0.15) is 16.7 Å². The highest BCUT2D eigenvalue weighted by molar-refractivity contribution is 9.10. The van der Waals surface area contributed by atoms with Crippen molar-refractivity contribution in [3.8, 4) is 11.5 Å². The number of hydrogen-bond acceptors (Lipinski definition) is 5. The first-order chi connectivity index (χ1) is 13.4. The van der Waals surface area contributed by atoms with E-state index in [1.165, 1.54) is 12.3 Å². The van der Waals surface area contributed by atoms with E-state index < -0.39 is 11.5 Å². The molecule has 0 saturated heterocycles. The van der Waals surface area contributed by atoms with Gasteiger partial charge in [-0.1, -0.05) is 60.7 Å². The first kappa shape index (κ1) is 19.6. The van der Waals surface area contributed by atoms with E-state index in [1.54, 1.807) is 60.7 Å². The van der Waals surface area contributed by atoms with Crippen molar-refractivity contribution in [1.29, 1.82) is 0 Å². The molecule has 28 heavy (non-hydrogen) atoms. The summed E-state index contributed by atoms with van der Waals surface area (Å²) in [5.74, 6) is -1.08. The second-order valence-corrected chi connectivity index (χ2v) is 6.86. The van der Waals surface area contributed by atoms with Gasteiger partial charge in [-0.25, -0.2) is 5.43 Å². The van der Waals surface area contributed by atoms with Crippen molar-refractivity contribution in [2.45, 2.75) is 5.60 Å². The van der Waals surface area contributed by atoms with Crippen LogP contribution in [0.15, 0.2) is 82.4 Å². The first-order valence-electron chi connectivity index (χ1n) is 8.31. The van der Waals surface area contributed by atoms with E-state index in [0.29, 0.717) is 15.6 Å². The maximum atomic E-state index is 12.9. The molecule has 3 rings (SSSR count). The summed E-state index contributed by atoms with van der Waals surface area (Å²) in [6, 6.07) is 19.7. The zero-order valence-corrected chi connectivity index (χ0v) is 16.2. The molecule has 0 radical (unpaired) electrons. The largest absolute Gasteiger partial charge is 0.507 e. The number of nitrogens with one attached hydrogen (secondary N) is 1. The fourth-order valence-corrected chi connectivity index (χ4v) is 3.06. The minimum Gasteiger partial charge on any atom is -0.507 e. The van der Waals surface area contributed by atoms with Crippen LogP contribution in [0.2, 0.25) is 0 Å². The molecule has 0 unspecified atom stereocenters. The SMILES string of the molecule is O=C(NN=Cc1cc(Br)c(O)cc1O)C(O)(c1ccccc1)c1ccccc1. The number of phenolic OH excluding ortho intramolecular Hbond substituents is 2. The van der Waals surface area contributed by atoms with Gasteiger partial charge in [0.1, 0.15) is 11.5 Å². The molecule has 0 saturated carbocycles. The highest BCUT2D eigenvalue weighted by Gasteiger charge is 2.39. The van der Waals surface area contributed by atoms with Crippen LogP contribution in [0.5, 0.6) is 11.5 Å². The summed E-state index contributed by atoms with van der Waals surface area (Å²) >= 11 is 3.14. The molecule has 1 amide bonds. The summed E-state index contributed by atoms with van der Waals surface area (Å²) in [5, 5.41) is 34.5. The van der Waals surface area contributed by atoms with E-state index in [0.717, 1.165) is 6.07 Å². The minimum atomic E-state index is -1.95. The van der Waals surface area contributed by atoms with Crippen LogP contribution in [0.3, 0.4) is 0 Å². The third kappa shape index (κ3) is 3.90. The van der Waals surface area contributed by atoms with Crippen LogP contribution in [-0.4, -0.2) is 27.4 Å². The number of hydrogen-bond donors (Lipinski definition) is 4. The number of aromatic hydroxyl groups is 2. The molecule has 0 atom stereocenters. The summed E-state index contributed by atoms with van der Waals surface area (Å²) in [7, 11) is 0. The van der Waals surface area contributed by atoms with E-state index in [-0.39, 0.29) is 17.1 Å². The lowest BCUT2D eigenvalue weighted by Gasteiger charge is -2.27. The predicted molar refractivity (Wildman–Crippen MR) is 109 cm³/mol. The Morgan fingerprint density at radius 2 is 1.46 bits per heavy atom. The fraction of sp³-hybridized carbons (Fsp3) is 0.0476. The highest BCUT2D eigenvalue weighted by atomic mass is 79.9. The number of phenols is 2. The standard InChI is InChI=1S/C21H17BrN2O4/c22-17-11-14(18(25)12-19(17)26)13-23-24-20(27)21(28,15-7-3-1-4-8-15)16-9-5-2-6-10-16/h1-13,25-26,28H,(H,24,27). The molecule has 0 heterocycles. The molecule has 0 aliphatic carbocycles. The second-order valence-electron chi connectivity index (χ2n) is 6.00. The van der Waals surface area contributed by atoms with Gasteiger partial charge in [0.05, 0.1) is 10.7 Å². The molecule has 0 aliphatic rings. The van der Waals surface area contributed by atoms with E-state index in [2.05, 4.69) is 26.5 Å². The molecule has 0 fully saturated rings. The molecule has 0 aliphatic heterocycles. The van der Waals surface area contributed by atoms with Gasteiger partial charge < -0.3 is 15.3 Å². The quantitative estimate of drug-likeness (QED) is 0.361. The highest BCUT2D eigenvalue weighted by Crippen LogP contribution is 2.31. The van der Waals surface area contributed by atoms with Crippen LogP contribution >= 0.6 is 15.9 Å². The smallest absolute Gasteiger partial charge is 0.281 e. The van der Waals surface area contributed by atoms with Gasteiger partial charge in [0.2, 0.25) is 0 Å². The normalized spacial score (nSPS) is 11.5. The zero-order valence-electron chi connectivity index (χ0n) is 14.6. The number of carbonyl (C=O) groups is 1. The Morgan fingerprint density at radius 1 is 0.929 bits per heavy atom. The topological polar surface area (TPSA) is 102 Å². The molecule has 0 spiro atoms. The number of aliphatic hydroxyl groups is 1. The van der Waals surface area contributed by atoms with Gasteiger partial charge in [0.15, 0.2) is 5.60 Å². The van der Waals surface area contributed by atoms with Crippen molar-refractivity contribution in [2.24, 2.45) is 5.10 Å². The summed E-state index contributed by atoms with van der Waals surface area (Å²) in [6.07, 6.45) is 1.22. The van der Waals surface area contributed by atoms with Crippen molar-refractivity contribution in [2.75, 3.05) is 0 Å². The van der Waals surface area contributed by atoms with E-state index in [4.69, 9.17) is 0 Å². The number of nitrogens with zero attached hydrogens (tertiary/aromatic N) is 1. The number of amides is 1. The van der Waals surface area contributed by atoms with Gasteiger partial charge in [-0.15, -0.1) is 0 Å². The summed E-state index contributed by atoms with van der Waals surface area (Å²) in [5.41, 5.74) is 1.43. The number of rotatable bonds is 5. The lowest BCUT2D eigenvalue weighted by atomic mass is 9.85. The Morgan fingerprint density at radius 3 is 2.00 bits per heavy atom. The second kappa shape index (κ2) is 8.24. The van der Waals surface area contributed by atoms with Crippen LogP contribution in [0, 0.1) is 0 Å². The first-order valence-corrected chi connectivity index (χ1v) is 9.10. The summed E-state index contributed by atoms with van der Waals surface area (Å²) in [6.45, 7) is 0. The molecule has 0 bridgehead atoms. The number of carbonyl (C=O) groups excluding carboxylic acids is 1.